The largest absolute Gasteiger partial charge is 0.332 e. The van der Waals surface area contributed by atoms with Gasteiger partial charge < -0.3 is 5.32 Å². The molecular formula is C18H17ClN2S. The fraction of sp³-hybridized carbons (Fsp3) is 0.167. The van der Waals surface area contributed by atoms with E-state index in [1.165, 1.54) is 11.1 Å². The predicted molar refractivity (Wildman–Crippen MR) is 96.5 cm³/mol. The van der Waals surface area contributed by atoms with Crippen LogP contribution >= 0.6 is 22.9 Å². The zero-order valence-corrected chi connectivity index (χ0v) is 14.3. The molecule has 0 saturated carbocycles. The minimum atomic E-state index is 0.785. The summed E-state index contributed by atoms with van der Waals surface area (Å²) in [5, 5.41) is 7.11. The van der Waals surface area contributed by atoms with E-state index in [2.05, 4.69) is 53.8 Å². The topological polar surface area (TPSA) is 24.9 Å². The van der Waals surface area contributed by atoms with Crippen molar-refractivity contribution < 1.29 is 0 Å². The van der Waals surface area contributed by atoms with Gasteiger partial charge in [-0.3, -0.25) is 0 Å². The molecular weight excluding hydrogens is 312 g/mol. The number of hydrogen-bond acceptors (Lipinski definition) is 3. The molecule has 3 aromatic rings. The highest BCUT2D eigenvalue weighted by Crippen LogP contribution is 2.29. The van der Waals surface area contributed by atoms with E-state index in [0.717, 1.165) is 32.7 Å². The van der Waals surface area contributed by atoms with Crippen molar-refractivity contribution in [2.24, 2.45) is 0 Å². The van der Waals surface area contributed by atoms with Gasteiger partial charge in [-0.2, -0.15) is 0 Å². The Balaban J connectivity index is 1.84. The lowest BCUT2D eigenvalue weighted by atomic mass is 10.1. The van der Waals surface area contributed by atoms with Gasteiger partial charge in [0.1, 0.15) is 0 Å². The van der Waals surface area contributed by atoms with Crippen LogP contribution in [-0.4, -0.2) is 4.98 Å². The van der Waals surface area contributed by atoms with Crippen LogP contribution in [0.25, 0.3) is 11.3 Å². The summed E-state index contributed by atoms with van der Waals surface area (Å²) in [6.07, 6.45) is 0. The molecule has 1 heterocycles. The van der Waals surface area contributed by atoms with Crippen molar-refractivity contribution >= 4 is 33.8 Å². The first-order chi connectivity index (χ1) is 10.5. The smallest absolute Gasteiger partial charge is 0.187 e. The van der Waals surface area contributed by atoms with Crippen LogP contribution in [0.15, 0.2) is 41.8 Å². The molecule has 0 unspecified atom stereocenters. The molecule has 0 aliphatic heterocycles. The van der Waals surface area contributed by atoms with Crippen molar-refractivity contribution in [2.75, 3.05) is 5.32 Å². The second-order valence-corrected chi connectivity index (χ2v) is 6.69. The first-order valence-corrected chi connectivity index (χ1v) is 8.35. The lowest BCUT2D eigenvalue weighted by Gasteiger charge is -2.06. The van der Waals surface area contributed by atoms with Gasteiger partial charge in [0.25, 0.3) is 0 Å². The Kier molecular flexibility index (Phi) is 4.19. The highest BCUT2D eigenvalue weighted by molar-refractivity contribution is 7.14. The molecule has 2 nitrogen and oxygen atoms in total. The highest BCUT2D eigenvalue weighted by Gasteiger charge is 2.07. The fourth-order valence-electron chi connectivity index (χ4n) is 2.21. The maximum absolute atomic E-state index is 6.08. The van der Waals surface area contributed by atoms with Crippen LogP contribution in [0.1, 0.15) is 16.7 Å². The second kappa shape index (κ2) is 6.11. The van der Waals surface area contributed by atoms with Crippen molar-refractivity contribution in [3.05, 3.63) is 63.5 Å². The third-order valence-electron chi connectivity index (χ3n) is 3.72. The van der Waals surface area contributed by atoms with Gasteiger partial charge >= 0.3 is 0 Å². The number of halogens is 1. The summed E-state index contributed by atoms with van der Waals surface area (Å²) >= 11 is 7.68. The second-order valence-electron chi connectivity index (χ2n) is 5.43. The number of benzene rings is 2. The van der Waals surface area contributed by atoms with Gasteiger partial charge in [0, 0.05) is 21.7 Å². The highest BCUT2D eigenvalue weighted by atomic mass is 35.5. The minimum Gasteiger partial charge on any atom is -0.332 e. The molecule has 0 bridgehead atoms. The standard InChI is InChI=1S/C18H17ClN2S/c1-11-4-6-15(9-12(11)2)20-18-21-17(10-22-18)14-5-7-16(19)13(3)8-14/h4-10H,1-3H3,(H,20,21). The summed E-state index contributed by atoms with van der Waals surface area (Å²) in [6.45, 7) is 6.24. The van der Waals surface area contributed by atoms with Gasteiger partial charge in [-0.15, -0.1) is 11.3 Å². The summed E-state index contributed by atoms with van der Waals surface area (Å²) in [7, 11) is 0. The number of anilines is 2. The predicted octanol–water partition coefficient (Wildman–Crippen LogP) is 6.13. The van der Waals surface area contributed by atoms with Gasteiger partial charge in [0.05, 0.1) is 5.69 Å². The molecule has 0 aliphatic carbocycles. The maximum atomic E-state index is 6.08. The fourth-order valence-corrected chi connectivity index (χ4v) is 3.07. The summed E-state index contributed by atoms with van der Waals surface area (Å²) in [4.78, 5) is 4.66. The number of aromatic nitrogens is 1. The first kappa shape index (κ1) is 15.1. The van der Waals surface area contributed by atoms with E-state index in [1.54, 1.807) is 11.3 Å². The van der Waals surface area contributed by atoms with Crippen LogP contribution in [0.5, 0.6) is 0 Å². The molecule has 0 saturated heterocycles. The van der Waals surface area contributed by atoms with Crippen LogP contribution in [-0.2, 0) is 0 Å². The van der Waals surface area contributed by atoms with Gasteiger partial charge in [0.2, 0.25) is 0 Å². The molecule has 0 spiro atoms. The third kappa shape index (κ3) is 3.16. The minimum absolute atomic E-state index is 0.785. The lowest BCUT2D eigenvalue weighted by molar-refractivity contribution is 1.32. The Bertz CT molecular complexity index is 824. The Labute approximate surface area is 139 Å². The molecule has 0 fully saturated rings. The summed E-state index contributed by atoms with van der Waals surface area (Å²) < 4.78 is 0. The van der Waals surface area contributed by atoms with Crippen LogP contribution in [0.4, 0.5) is 10.8 Å². The van der Waals surface area contributed by atoms with Crippen molar-refractivity contribution in [1.82, 2.24) is 4.98 Å². The average Bonchev–Trinajstić information content (AvgIpc) is 2.94. The van der Waals surface area contributed by atoms with Crippen molar-refractivity contribution in [3.8, 4) is 11.3 Å². The van der Waals surface area contributed by atoms with Gasteiger partial charge in [0.15, 0.2) is 5.13 Å². The maximum Gasteiger partial charge on any atom is 0.187 e. The monoisotopic (exact) mass is 328 g/mol. The summed E-state index contributed by atoms with van der Waals surface area (Å²) in [5.41, 5.74) is 6.76. The van der Waals surface area contributed by atoms with E-state index >= 15 is 0 Å². The van der Waals surface area contributed by atoms with E-state index in [0.29, 0.717) is 0 Å². The molecule has 3 rings (SSSR count). The summed E-state index contributed by atoms with van der Waals surface area (Å²) in [5.74, 6) is 0. The Hall–Kier alpha value is -1.84. The zero-order chi connectivity index (χ0) is 15.7. The van der Waals surface area contributed by atoms with E-state index in [4.69, 9.17) is 11.6 Å². The number of hydrogen-bond donors (Lipinski definition) is 1. The quantitative estimate of drug-likeness (QED) is 0.625. The number of thiazole rings is 1. The van der Waals surface area contributed by atoms with Gasteiger partial charge in [-0.1, -0.05) is 23.7 Å². The Morgan fingerprint density at radius 2 is 1.77 bits per heavy atom. The van der Waals surface area contributed by atoms with Crippen molar-refractivity contribution in [1.29, 1.82) is 0 Å². The molecule has 0 amide bonds. The molecule has 1 N–H and O–H groups in total. The molecule has 4 heteroatoms. The van der Waals surface area contributed by atoms with E-state index in [9.17, 15) is 0 Å². The Morgan fingerprint density at radius 1 is 0.955 bits per heavy atom. The van der Waals surface area contributed by atoms with E-state index < -0.39 is 0 Å². The third-order valence-corrected chi connectivity index (χ3v) is 4.90. The molecule has 0 radical (unpaired) electrons. The van der Waals surface area contributed by atoms with E-state index in [1.807, 2.05) is 19.1 Å². The number of nitrogens with one attached hydrogen (secondary N) is 1. The van der Waals surface area contributed by atoms with Crippen LogP contribution in [0.2, 0.25) is 5.02 Å². The van der Waals surface area contributed by atoms with Crippen LogP contribution in [0.3, 0.4) is 0 Å². The molecule has 1 aromatic heterocycles. The van der Waals surface area contributed by atoms with Gasteiger partial charge in [-0.05, 0) is 61.7 Å². The van der Waals surface area contributed by atoms with Crippen LogP contribution in [0, 0.1) is 20.8 Å². The summed E-state index contributed by atoms with van der Waals surface area (Å²) in [6, 6.07) is 12.3. The zero-order valence-electron chi connectivity index (χ0n) is 12.8. The number of rotatable bonds is 3. The molecule has 2 aromatic carbocycles. The van der Waals surface area contributed by atoms with Gasteiger partial charge in [-0.25, -0.2) is 4.98 Å². The van der Waals surface area contributed by atoms with Crippen molar-refractivity contribution in [2.45, 2.75) is 20.8 Å². The Morgan fingerprint density at radius 3 is 2.50 bits per heavy atom. The molecule has 22 heavy (non-hydrogen) atoms. The normalized spacial score (nSPS) is 10.7. The molecule has 112 valence electrons. The number of aryl methyl sites for hydroxylation is 3. The average molecular weight is 329 g/mol. The molecule has 0 aliphatic rings. The molecule has 0 atom stereocenters. The lowest BCUT2D eigenvalue weighted by Crippen LogP contribution is -1.91. The van der Waals surface area contributed by atoms with Crippen molar-refractivity contribution in [3.63, 3.8) is 0 Å². The first-order valence-electron chi connectivity index (χ1n) is 7.09. The van der Waals surface area contributed by atoms with E-state index in [-0.39, 0.29) is 0 Å². The SMILES string of the molecule is Cc1ccc(Nc2nc(-c3ccc(Cl)c(C)c3)cs2)cc1C. The number of nitrogens with zero attached hydrogens (tertiary/aromatic N) is 1. The van der Waals surface area contributed by atoms with Crippen LogP contribution < -0.4 is 5.32 Å².